The number of piperazine rings is 1. The van der Waals surface area contributed by atoms with Gasteiger partial charge in [0.25, 0.3) is 0 Å². The molecule has 0 spiro atoms. The Kier molecular flexibility index (Phi) is 3.85. The monoisotopic (exact) mass is 224 g/mol. The van der Waals surface area contributed by atoms with Gasteiger partial charge in [0.05, 0.1) is 0 Å². The predicted molar refractivity (Wildman–Crippen MR) is 65.2 cm³/mol. The largest absolute Gasteiger partial charge is 0.337 e. The first kappa shape index (κ1) is 11.9. The Balaban J connectivity index is 1.96. The van der Waals surface area contributed by atoms with Gasteiger partial charge in [0.15, 0.2) is 0 Å². The minimum Gasteiger partial charge on any atom is -0.337 e. The van der Waals surface area contributed by atoms with Gasteiger partial charge in [0.1, 0.15) is 0 Å². The molecular weight excluding hydrogens is 200 g/mol. The van der Waals surface area contributed by atoms with Crippen LogP contribution >= 0.6 is 0 Å². The Bertz CT molecular complexity index is 248. The van der Waals surface area contributed by atoms with Gasteiger partial charge in [-0.3, -0.25) is 4.79 Å². The zero-order valence-corrected chi connectivity index (χ0v) is 10.5. The van der Waals surface area contributed by atoms with Crippen molar-refractivity contribution in [1.82, 2.24) is 10.2 Å². The lowest BCUT2D eigenvalue weighted by Crippen LogP contribution is -2.57. The normalized spacial score (nSPS) is 32.8. The Morgan fingerprint density at radius 2 is 1.88 bits per heavy atom. The highest BCUT2D eigenvalue weighted by molar-refractivity contribution is 5.79. The summed E-state index contributed by atoms with van der Waals surface area (Å²) < 4.78 is 0. The summed E-state index contributed by atoms with van der Waals surface area (Å²) in [5.41, 5.74) is 0. The summed E-state index contributed by atoms with van der Waals surface area (Å²) in [6.07, 6.45) is 6.03. The molecule has 3 heteroatoms. The number of hydrogen-bond donors (Lipinski definition) is 1. The van der Waals surface area contributed by atoms with Crippen LogP contribution < -0.4 is 5.32 Å². The van der Waals surface area contributed by atoms with Gasteiger partial charge in [-0.05, 0) is 26.7 Å². The second-order valence-corrected chi connectivity index (χ2v) is 5.48. The molecule has 3 nitrogen and oxygen atoms in total. The number of carbonyl (C=O) groups is 1. The third-order valence-electron chi connectivity index (χ3n) is 4.00. The SMILES string of the molecule is C[C@@H]1CN[C@@H](C)CN1C(=O)C1CCCCC1. The molecule has 0 bridgehead atoms. The van der Waals surface area contributed by atoms with E-state index in [2.05, 4.69) is 24.1 Å². The molecule has 1 saturated heterocycles. The molecule has 0 aromatic carbocycles. The average Bonchev–Trinajstić information content (AvgIpc) is 2.32. The fourth-order valence-corrected chi connectivity index (χ4v) is 2.91. The number of amides is 1. The highest BCUT2D eigenvalue weighted by atomic mass is 16.2. The van der Waals surface area contributed by atoms with E-state index in [1.165, 1.54) is 19.3 Å². The highest BCUT2D eigenvalue weighted by Crippen LogP contribution is 2.26. The van der Waals surface area contributed by atoms with E-state index in [4.69, 9.17) is 0 Å². The van der Waals surface area contributed by atoms with Crippen molar-refractivity contribution < 1.29 is 4.79 Å². The lowest BCUT2D eigenvalue weighted by Gasteiger charge is -2.40. The van der Waals surface area contributed by atoms with Crippen LogP contribution in [0, 0.1) is 5.92 Å². The lowest BCUT2D eigenvalue weighted by atomic mass is 9.87. The fourth-order valence-electron chi connectivity index (χ4n) is 2.91. The van der Waals surface area contributed by atoms with Crippen LogP contribution in [-0.2, 0) is 4.79 Å². The van der Waals surface area contributed by atoms with Crippen LogP contribution in [-0.4, -0.2) is 36.0 Å². The van der Waals surface area contributed by atoms with Gasteiger partial charge >= 0.3 is 0 Å². The molecule has 1 saturated carbocycles. The minimum absolute atomic E-state index is 0.321. The highest BCUT2D eigenvalue weighted by Gasteiger charge is 2.31. The molecule has 2 aliphatic rings. The lowest BCUT2D eigenvalue weighted by molar-refractivity contribution is -0.140. The molecule has 1 N–H and O–H groups in total. The van der Waals surface area contributed by atoms with E-state index in [0.29, 0.717) is 23.9 Å². The van der Waals surface area contributed by atoms with Crippen LogP contribution in [0.15, 0.2) is 0 Å². The van der Waals surface area contributed by atoms with Crippen LogP contribution in [0.4, 0.5) is 0 Å². The van der Waals surface area contributed by atoms with Gasteiger partial charge in [-0.1, -0.05) is 19.3 Å². The second-order valence-electron chi connectivity index (χ2n) is 5.48. The molecule has 1 aliphatic heterocycles. The van der Waals surface area contributed by atoms with Gasteiger partial charge in [-0.2, -0.15) is 0 Å². The van der Waals surface area contributed by atoms with E-state index in [0.717, 1.165) is 25.9 Å². The van der Waals surface area contributed by atoms with Crippen molar-refractivity contribution in [3.63, 3.8) is 0 Å². The maximum absolute atomic E-state index is 12.4. The van der Waals surface area contributed by atoms with Crippen molar-refractivity contribution in [2.24, 2.45) is 5.92 Å². The number of hydrogen-bond acceptors (Lipinski definition) is 2. The van der Waals surface area contributed by atoms with Gasteiger partial charge in [0, 0.05) is 31.1 Å². The van der Waals surface area contributed by atoms with Crippen molar-refractivity contribution in [2.75, 3.05) is 13.1 Å². The van der Waals surface area contributed by atoms with Crippen molar-refractivity contribution in [1.29, 1.82) is 0 Å². The van der Waals surface area contributed by atoms with E-state index < -0.39 is 0 Å². The average molecular weight is 224 g/mol. The van der Waals surface area contributed by atoms with Crippen molar-refractivity contribution >= 4 is 5.91 Å². The van der Waals surface area contributed by atoms with E-state index in [-0.39, 0.29) is 0 Å². The molecule has 0 aromatic rings. The van der Waals surface area contributed by atoms with Gasteiger partial charge in [0.2, 0.25) is 5.91 Å². The smallest absolute Gasteiger partial charge is 0.226 e. The Morgan fingerprint density at radius 1 is 1.19 bits per heavy atom. The first-order valence-corrected chi connectivity index (χ1v) is 6.72. The summed E-state index contributed by atoms with van der Waals surface area (Å²) in [6.45, 7) is 6.14. The minimum atomic E-state index is 0.321. The molecule has 2 fully saturated rings. The van der Waals surface area contributed by atoms with Crippen molar-refractivity contribution in [3.8, 4) is 0 Å². The molecule has 1 heterocycles. The molecule has 0 radical (unpaired) electrons. The summed E-state index contributed by atoms with van der Waals surface area (Å²) in [7, 11) is 0. The Hall–Kier alpha value is -0.570. The molecule has 0 unspecified atom stereocenters. The molecule has 16 heavy (non-hydrogen) atoms. The van der Waals surface area contributed by atoms with Crippen LogP contribution in [0.5, 0.6) is 0 Å². The topological polar surface area (TPSA) is 32.3 Å². The van der Waals surface area contributed by atoms with Crippen LogP contribution in [0.2, 0.25) is 0 Å². The van der Waals surface area contributed by atoms with Crippen molar-refractivity contribution in [2.45, 2.75) is 58.0 Å². The summed E-state index contributed by atoms with van der Waals surface area (Å²) in [5.74, 6) is 0.738. The third-order valence-corrected chi connectivity index (χ3v) is 4.00. The maximum atomic E-state index is 12.4. The summed E-state index contributed by atoms with van der Waals surface area (Å²) >= 11 is 0. The summed E-state index contributed by atoms with van der Waals surface area (Å²) in [4.78, 5) is 14.5. The predicted octanol–water partition coefficient (Wildman–Crippen LogP) is 1.78. The Morgan fingerprint density at radius 3 is 2.56 bits per heavy atom. The summed E-state index contributed by atoms with van der Waals surface area (Å²) in [5, 5.41) is 3.43. The number of nitrogens with zero attached hydrogens (tertiary/aromatic N) is 1. The Labute approximate surface area is 98.6 Å². The zero-order chi connectivity index (χ0) is 11.5. The van der Waals surface area contributed by atoms with Crippen LogP contribution in [0.3, 0.4) is 0 Å². The third kappa shape index (κ3) is 2.57. The number of carbonyl (C=O) groups excluding carboxylic acids is 1. The van der Waals surface area contributed by atoms with Crippen LogP contribution in [0.25, 0.3) is 0 Å². The molecule has 2 atom stereocenters. The van der Waals surface area contributed by atoms with E-state index in [9.17, 15) is 4.79 Å². The molecule has 1 aliphatic carbocycles. The van der Waals surface area contributed by atoms with Crippen molar-refractivity contribution in [3.05, 3.63) is 0 Å². The summed E-state index contributed by atoms with van der Waals surface area (Å²) in [6, 6.07) is 0.814. The van der Waals surface area contributed by atoms with E-state index >= 15 is 0 Å². The number of nitrogens with one attached hydrogen (secondary N) is 1. The van der Waals surface area contributed by atoms with Crippen LogP contribution in [0.1, 0.15) is 46.0 Å². The fraction of sp³-hybridized carbons (Fsp3) is 0.923. The molecule has 92 valence electrons. The quantitative estimate of drug-likeness (QED) is 0.736. The molecule has 1 amide bonds. The first-order chi connectivity index (χ1) is 7.68. The number of rotatable bonds is 1. The zero-order valence-electron chi connectivity index (χ0n) is 10.5. The molecular formula is C13H24N2O. The second kappa shape index (κ2) is 5.17. The van der Waals surface area contributed by atoms with Gasteiger partial charge in [-0.25, -0.2) is 0 Å². The maximum Gasteiger partial charge on any atom is 0.226 e. The molecule has 0 aromatic heterocycles. The first-order valence-electron chi connectivity index (χ1n) is 6.72. The van der Waals surface area contributed by atoms with E-state index in [1.54, 1.807) is 0 Å². The standard InChI is InChI=1S/C13H24N2O/c1-10-9-15(11(2)8-14-10)13(16)12-6-4-3-5-7-12/h10-12,14H,3-9H2,1-2H3/t10-,11+/m0/s1. The molecule has 2 rings (SSSR count). The van der Waals surface area contributed by atoms with Gasteiger partial charge in [-0.15, -0.1) is 0 Å². The van der Waals surface area contributed by atoms with Gasteiger partial charge < -0.3 is 10.2 Å². The van der Waals surface area contributed by atoms with E-state index in [1.807, 2.05) is 0 Å².